The molecule has 6 aromatic carbocycles. The van der Waals surface area contributed by atoms with Crippen molar-refractivity contribution >= 4 is 40.2 Å². The van der Waals surface area contributed by atoms with Crippen molar-refractivity contribution in [1.29, 1.82) is 0 Å². The molecular formula is C40H30BNO2. The fraction of sp³-hybridized carbons (Fsp3) is 0.100. The lowest BCUT2D eigenvalue weighted by Crippen LogP contribution is -2.57. The smallest absolute Gasteiger partial charge is 0.260 e. The highest BCUT2D eigenvalue weighted by Gasteiger charge is 2.40. The summed E-state index contributed by atoms with van der Waals surface area (Å²) in [5.74, 6) is 2.70. The van der Waals surface area contributed by atoms with Gasteiger partial charge in [0.25, 0.3) is 6.71 Å². The second kappa shape index (κ2) is 10.2. The molecule has 0 amide bonds. The Bertz CT molecular complexity index is 2230. The van der Waals surface area contributed by atoms with Crippen molar-refractivity contribution in [2.45, 2.75) is 25.7 Å². The second-order valence-corrected chi connectivity index (χ2v) is 11.6. The molecule has 0 bridgehead atoms. The van der Waals surface area contributed by atoms with Crippen molar-refractivity contribution in [1.82, 2.24) is 0 Å². The van der Waals surface area contributed by atoms with Gasteiger partial charge in [-0.3, -0.25) is 0 Å². The number of hydrogen-bond donors (Lipinski definition) is 0. The van der Waals surface area contributed by atoms with E-state index in [0.717, 1.165) is 75.9 Å². The van der Waals surface area contributed by atoms with Gasteiger partial charge in [-0.15, -0.1) is 0 Å². The maximum absolute atomic E-state index is 9.23. The third kappa shape index (κ3) is 3.98. The van der Waals surface area contributed by atoms with Crippen LogP contribution >= 0.6 is 0 Å². The van der Waals surface area contributed by atoms with Crippen LogP contribution in [0.5, 0.6) is 23.0 Å². The van der Waals surface area contributed by atoms with Gasteiger partial charge < -0.3 is 14.4 Å². The van der Waals surface area contributed by atoms with Crippen LogP contribution in [0.2, 0.25) is 0 Å². The Morgan fingerprint density at radius 3 is 1.95 bits per heavy atom. The fourth-order valence-electron chi connectivity index (χ4n) is 7.15. The highest BCUT2D eigenvalue weighted by Crippen LogP contribution is 2.48. The standard InChI is InChI=1S/C40H30BNO2/c1-3-13-27(14-4-1)32-24-23-28-15-7-8-18-31(28)40(32)42(29-16-5-2-6-17-29)30-25-37-39-38(26-30)44-36-22-12-10-20-34(36)41(39)33-19-9-11-21-35(33)43-37/h1-6,9-14,16-17,19-26H,7-8,15,18H2/i2D,5D,6D,16D,17D. The maximum Gasteiger partial charge on any atom is 0.260 e. The summed E-state index contributed by atoms with van der Waals surface area (Å²) < 4.78 is 57.6. The molecule has 210 valence electrons. The van der Waals surface area contributed by atoms with E-state index in [9.17, 15) is 2.74 Å². The fourth-order valence-corrected chi connectivity index (χ4v) is 7.15. The molecule has 0 N–H and O–H groups in total. The molecule has 0 aromatic heterocycles. The lowest BCUT2D eigenvalue weighted by molar-refractivity contribution is 0.465. The first-order chi connectivity index (χ1) is 23.9. The molecule has 0 saturated carbocycles. The SMILES string of the molecule is [2H]c1c([2H])c([2H])c(N(c2cc3c4c(c2)Oc2ccccc2B4c2ccccc2O3)c2c(-c3ccccc3)ccc3c2CCCC3)c([2H])c1[2H]. The molecule has 0 fully saturated rings. The van der Waals surface area contributed by atoms with Crippen LogP contribution in [0, 0.1) is 0 Å². The van der Waals surface area contributed by atoms with Gasteiger partial charge in [0.05, 0.1) is 18.2 Å². The minimum atomic E-state index is -0.430. The van der Waals surface area contributed by atoms with Crippen LogP contribution in [-0.4, -0.2) is 6.71 Å². The molecule has 0 saturated heterocycles. The summed E-state index contributed by atoms with van der Waals surface area (Å²) in [5.41, 5.74) is 8.66. The Balaban J connectivity index is 1.38. The summed E-state index contributed by atoms with van der Waals surface area (Å²) >= 11 is 0. The number of para-hydroxylation sites is 3. The number of nitrogens with zero attached hydrogens (tertiary/aromatic N) is 1. The molecule has 6 aromatic rings. The molecule has 0 radical (unpaired) electrons. The first kappa shape index (κ1) is 20.6. The first-order valence-corrected chi connectivity index (χ1v) is 15.2. The Morgan fingerprint density at radius 1 is 0.614 bits per heavy atom. The summed E-state index contributed by atoms with van der Waals surface area (Å²) in [6, 6.07) is 32.5. The molecule has 0 unspecified atom stereocenters. The van der Waals surface area contributed by atoms with Gasteiger partial charge in [-0.25, -0.2) is 0 Å². The first-order valence-electron chi connectivity index (χ1n) is 17.7. The molecule has 4 heteroatoms. The van der Waals surface area contributed by atoms with E-state index in [4.69, 9.17) is 13.6 Å². The van der Waals surface area contributed by atoms with Gasteiger partial charge >= 0.3 is 0 Å². The van der Waals surface area contributed by atoms with E-state index in [1.165, 1.54) is 5.56 Å². The van der Waals surface area contributed by atoms with Crippen LogP contribution < -0.4 is 30.8 Å². The Kier molecular flexibility index (Phi) is 4.79. The van der Waals surface area contributed by atoms with E-state index >= 15 is 0 Å². The van der Waals surface area contributed by atoms with Crippen LogP contribution in [0.1, 0.15) is 30.8 Å². The number of fused-ring (bicyclic) bond motifs is 5. The summed E-state index contributed by atoms with van der Waals surface area (Å²) in [5, 5.41) is 0. The number of ether oxygens (including phenoxy) is 2. The van der Waals surface area contributed by atoms with Crippen molar-refractivity contribution in [3.63, 3.8) is 0 Å². The molecular weight excluding hydrogens is 537 g/mol. The molecule has 1 aliphatic carbocycles. The molecule has 2 heterocycles. The third-order valence-corrected chi connectivity index (χ3v) is 9.06. The molecule has 0 atom stereocenters. The van der Waals surface area contributed by atoms with Crippen LogP contribution in [0.15, 0.2) is 133 Å². The number of hydrogen-bond acceptors (Lipinski definition) is 3. The van der Waals surface area contributed by atoms with E-state index < -0.39 is 6.04 Å². The maximum atomic E-state index is 9.23. The second-order valence-electron chi connectivity index (χ2n) is 11.6. The van der Waals surface area contributed by atoms with Gasteiger partial charge in [-0.1, -0.05) is 97.0 Å². The van der Waals surface area contributed by atoms with Crippen LogP contribution in [0.3, 0.4) is 0 Å². The van der Waals surface area contributed by atoms with E-state index in [1.807, 2.05) is 71.6 Å². The minimum absolute atomic E-state index is 0.0817. The normalized spacial score (nSPS) is 15.5. The monoisotopic (exact) mass is 572 g/mol. The van der Waals surface area contributed by atoms with Gasteiger partial charge in [-0.2, -0.15) is 0 Å². The largest absolute Gasteiger partial charge is 0.458 e. The zero-order valence-corrected chi connectivity index (χ0v) is 24.0. The lowest BCUT2D eigenvalue weighted by Gasteiger charge is -2.36. The van der Waals surface area contributed by atoms with Gasteiger partial charge in [0.15, 0.2) is 0 Å². The highest BCUT2D eigenvalue weighted by atomic mass is 16.5. The predicted molar refractivity (Wildman–Crippen MR) is 181 cm³/mol. The van der Waals surface area contributed by atoms with Gasteiger partial charge in [0.2, 0.25) is 0 Å². The average Bonchev–Trinajstić information content (AvgIpc) is 3.14. The molecule has 3 nitrogen and oxygen atoms in total. The highest BCUT2D eigenvalue weighted by molar-refractivity contribution is 6.98. The van der Waals surface area contributed by atoms with Crippen LogP contribution in [0.25, 0.3) is 11.1 Å². The van der Waals surface area contributed by atoms with E-state index in [-0.39, 0.29) is 36.6 Å². The predicted octanol–water partition coefficient (Wildman–Crippen LogP) is 8.43. The molecule has 3 aliphatic rings. The average molecular weight is 573 g/mol. The molecule has 0 spiro atoms. The van der Waals surface area contributed by atoms with Crippen molar-refractivity contribution in [2.24, 2.45) is 0 Å². The zero-order chi connectivity index (χ0) is 33.4. The topological polar surface area (TPSA) is 21.7 Å². The number of anilines is 3. The summed E-state index contributed by atoms with van der Waals surface area (Å²) in [7, 11) is 0. The van der Waals surface area contributed by atoms with Crippen molar-refractivity contribution in [2.75, 3.05) is 4.90 Å². The Labute approximate surface area is 265 Å². The van der Waals surface area contributed by atoms with Gasteiger partial charge in [-0.05, 0) is 77.5 Å². The summed E-state index contributed by atoms with van der Waals surface area (Å²) in [6.07, 6.45) is 3.76. The quantitative estimate of drug-likeness (QED) is 0.198. The van der Waals surface area contributed by atoms with Crippen LogP contribution in [0.4, 0.5) is 17.1 Å². The summed E-state index contributed by atoms with van der Waals surface area (Å²) in [4.78, 5) is 1.87. The van der Waals surface area contributed by atoms with Crippen LogP contribution in [-0.2, 0) is 12.8 Å². The molecule has 9 rings (SSSR count). The number of aryl methyl sites for hydroxylation is 1. The Morgan fingerprint density at radius 2 is 1.25 bits per heavy atom. The van der Waals surface area contributed by atoms with E-state index in [2.05, 4.69) is 36.4 Å². The molecule has 44 heavy (non-hydrogen) atoms. The summed E-state index contributed by atoms with van der Waals surface area (Å²) in [6.45, 7) is -0.118. The molecule has 2 aliphatic heterocycles. The lowest BCUT2D eigenvalue weighted by atomic mass is 9.35. The minimum Gasteiger partial charge on any atom is -0.458 e. The number of rotatable bonds is 4. The zero-order valence-electron chi connectivity index (χ0n) is 29.0. The van der Waals surface area contributed by atoms with Gasteiger partial charge in [0.1, 0.15) is 23.0 Å². The van der Waals surface area contributed by atoms with Crippen molar-refractivity contribution < 1.29 is 16.3 Å². The van der Waals surface area contributed by atoms with Gasteiger partial charge in [0, 0.05) is 28.8 Å². The van der Waals surface area contributed by atoms with Crippen molar-refractivity contribution in [3.05, 3.63) is 144 Å². The van der Waals surface area contributed by atoms with E-state index in [0.29, 0.717) is 17.2 Å². The van der Waals surface area contributed by atoms with E-state index in [1.54, 1.807) is 0 Å². The Hall–Kier alpha value is -5.22. The van der Waals surface area contributed by atoms with Crippen molar-refractivity contribution in [3.8, 4) is 34.1 Å². The third-order valence-electron chi connectivity index (χ3n) is 9.06. The number of benzene rings is 6.